The van der Waals surface area contributed by atoms with Gasteiger partial charge in [-0.2, -0.15) is 8.42 Å². The van der Waals surface area contributed by atoms with Gasteiger partial charge in [0.15, 0.2) is 0 Å². The SMILES string of the molecule is O=C(NCO)NCS(=O)(=O)O. The van der Waals surface area contributed by atoms with Crippen LogP contribution < -0.4 is 10.6 Å². The summed E-state index contributed by atoms with van der Waals surface area (Å²) in [6, 6.07) is -0.870. The lowest BCUT2D eigenvalue weighted by molar-refractivity contribution is 0.219. The Labute approximate surface area is 63.2 Å². The van der Waals surface area contributed by atoms with E-state index in [1.807, 2.05) is 5.32 Å². The van der Waals surface area contributed by atoms with Crippen LogP contribution in [0, 0.1) is 0 Å². The highest BCUT2D eigenvalue weighted by Gasteiger charge is 2.05. The molecule has 0 aromatic rings. The summed E-state index contributed by atoms with van der Waals surface area (Å²) in [5, 5.41) is 11.7. The van der Waals surface area contributed by atoms with Gasteiger partial charge in [0.05, 0.1) is 0 Å². The molecule has 0 fully saturated rings. The predicted molar refractivity (Wildman–Crippen MR) is 35.2 cm³/mol. The van der Waals surface area contributed by atoms with Gasteiger partial charge in [-0.05, 0) is 0 Å². The van der Waals surface area contributed by atoms with Crippen LogP contribution in [0.2, 0.25) is 0 Å². The third kappa shape index (κ3) is 7.03. The highest BCUT2D eigenvalue weighted by molar-refractivity contribution is 7.85. The maximum Gasteiger partial charge on any atom is 0.317 e. The lowest BCUT2D eigenvalue weighted by Gasteiger charge is -2.01. The molecule has 0 aliphatic heterocycles. The zero-order valence-electron chi connectivity index (χ0n) is 5.44. The maximum atomic E-state index is 10.3. The smallest absolute Gasteiger partial charge is 0.317 e. The Morgan fingerprint density at radius 1 is 1.36 bits per heavy atom. The molecule has 0 rings (SSSR count). The molecular formula is C3H8N2O5S. The van der Waals surface area contributed by atoms with E-state index in [-0.39, 0.29) is 0 Å². The molecule has 0 spiro atoms. The molecule has 7 nitrogen and oxygen atoms in total. The minimum Gasteiger partial charge on any atom is -0.376 e. The monoisotopic (exact) mass is 184 g/mol. The van der Waals surface area contributed by atoms with Crippen molar-refractivity contribution in [2.45, 2.75) is 0 Å². The quantitative estimate of drug-likeness (QED) is 0.301. The van der Waals surface area contributed by atoms with Crippen molar-refractivity contribution >= 4 is 16.1 Å². The van der Waals surface area contributed by atoms with Gasteiger partial charge in [-0.3, -0.25) is 4.55 Å². The molecule has 0 heterocycles. The van der Waals surface area contributed by atoms with E-state index in [0.717, 1.165) is 0 Å². The van der Waals surface area contributed by atoms with E-state index in [1.165, 1.54) is 0 Å². The van der Waals surface area contributed by atoms with E-state index in [1.54, 1.807) is 5.32 Å². The summed E-state index contributed by atoms with van der Waals surface area (Å²) in [7, 11) is -4.19. The van der Waals surface area contributed by atoms with Crippen LogP contribution in [0.25, 0.3) is 0 Å². The van der Waals surface area contributed by atoms with E-state index in [0.29, 0.717) is 0 Å². The number of aliphatic hydroxyl groups is 1. The number of hydrogen-bond donors (Lipinski definition) is 4. The molecule has 0 aliphatic rings. The van der Waals surface area contributed by atoms with Gasteiger partial charge >= 0.3 is 6.03 Å². The average Bonchev–Trinajstić information content (AvgIpc) is 1.83. The highest BCUT2D eigenvalue weighted by Crippen LogP contribution is 1.75. The summed E-state index contributed by atoms with van der Waals surface area (Å²) in [6.07, 6.45) is 0. The topological polar surface area (TPSA) is 116 Å². The molecule has 0 unspecified atom stereocenters. The zero-order chi connectivity index (χ0) is 8.91. The number of rotatable bonds is 3. The summed E-state index contributed by atoms with van der Waals surface area (Å²) >= 11 is 0. The van der Waals surface area contributed by atoms with Gasteiger partial charge in [0, 0.05) is 0 Å². The average molecular weight is 184 g/mol. The first-order valence-electron chi connectivity index (χ1n) is 2.53. The lowest BCUT2D eigenvalue weighted by Crippen LogP contribution is -2.38. The summed E-state index contributed by atoms with van der Waals surface area (Å²) in [5.41, 5.74) is 0. The number of hydrogen-bond acceptors (Lipinski definition) is 4. The van der Waals surface area contributed by atoms with Crippen molar-refractivity contribution in [3.63, 3.8) is 0 Å². The Kier molecular flexibility index (Phi) is 3.79. The van der Waals surface area contributed by atoms with Crippen molar-refractivity contribution in [3.8, 4) is 0 Å². The van der Waals surface area contributed by atoms with Gasteiger partial charge in [-0.1, -0.05) is 0 Å². The molecule has 0 bridgehead atoms. The molecule has 0 atom stereocenters. The first kappa shape index (κ1) is 10.1. The summed E-state index contributed by atoms with van der Waals surface area (Å²) in [4.78, 5) is 10.3. The maximum absolute atomic E-state index is 10.3. The van der Waals surface area contributed by atoms with Crippen LogP contribution in [0.15, 0.2) is 0 Å². The fourth-order valence-corrected chi connectivity index (χ4v) is 0.605. The van der Waals surface area contributed by atoms with Crippen LogP contribution in [0.1, 0.15) is 0 Å². The molecule has 0 saturated heterocycles. The van der Waals surface area contributed by atoms with Gasteiger partial charge in [-0.15, -0.1) is 0 Å². The summed E-state index contributed by atoms with van der Waals surface area (Å²) in [5.74, 6) is -0.876. The Bertz CT molecular complexity index is 222. The van der Waals surface area contributed by atoms with Crippen LogP contribution in [0.4, 0.5) is 4.79 Å². The second kappa shape index (κ2) is 4.11. The van der Waals surface area contributed by atoms with Crippen LogP contribution in [0.5, 0.6) is 0 Å². The molecule has 0 radical (unpaired) electrons. The molecule has 0 aromatic carbocycles. The summed E-state index contributed by atoms with van der Waals surface area (Å²) < 4.78 is 28.1. The van der Waals surface area contributed by atoms with Gasteiger partial charge in [0.1, 0.15) is 12.6 Å². The fourth-order valence-electron chi connectivity index (χ4n) is 0.291. The Balaban J connectivity index is 3.64. The molecular weight excluding hydrogens is 176 g/mol. The first-order valence-corrected chi connectivity index (χ1v) is 4.14. The second-order valence-electron chi connectivity index (χ2n) is 1.57. The largest absolute Gasteiger partial charge is 0.376 e. The standard InChI is InChI=1S/C3H8N2O5S/c6-1-4-3(7)5-2-11(8,9)10/h6H,1-2H2,(H2,4,5,7)(H,8,9,10). The van der Waals surface area contributed by atoms with Crippen molar-refractivity contribution in [1.29, 1.82) is 0 Å². The fraction of sp³-hybridized carbons (Fsp3) is 0.667. The summed E-state index contributed by atoms with van der Waals surface area (Å²) in [6.45, 7) is -0.600. The van der Waals surface area contributed by atoms with Gasteiger partial charge in [0.25, 0.3) is 10.1 Å². The van der Waals surface area contributed by atoms with Crippen LogP contribution in [0.3, 0.4) is 0 Å². The molecule has 2 amide bonds. The van der Waals surface area contributed by atoms with Crippen molar-refractivity contribution in [2.24, 2.45) is 0 Å². The lowest BCUT2D eigenvalue weighted by atomic mass is 10.9. The molecule has 0 aromatic heterocycles. The molecule has 8 heteroatoms. The van der Waals surface area contributed by atoms with Crippen LogP contribution >= 0.6 is 0 Å². The van der Waals surface area contributed by atoms with Crippen molar-refractivity contribution in [1.82, 2.24) is 10.6 Å². The van der Waals surface area contributed by atoms with Crippen LogP contribution in [-0.4, -0.2) is 36.7 Å². The molecule has 0 aliphatic carbocycles. The van der Waals surface area contributed by atoms with Crippen LogP contribution in [-0.2, 0) is 10.1 Å². The first-order chi connectivity index (χ1) is 4.95. The number of urea groups is 1. The highest BCUT2D eigenvalue weighted by atomic mass is 32.2. The van der Waals surface area contributed by atoms with E-state index >= 15 is 0 Å². The minimum absolute atomic E-state index is 0.600. The number of amides is 2. The zero-order valence-corrected chi connectivity index (χ0v) is 6.26. The number of carbonyl (C=O) groups excluding carboxylic acids is 1. The van der Waals surface area contributed by atoms with E-state index in [4.69, 9.17) is 9.66 Å². The second-order valence-corrected chi connectivity index (χ2v) is 3.02. The van der Waals surface area contributed by atoms with Crippen molar-refractivity contribution < 1.29 is 22.9 Å². The van der Waals surface area contributed by atoms with Crippen molar-refractivity contribution in [2.75, 3.05) is 12.6 Å². The number of aliphatic hydroxyl groups excluding tert-OH is 1. The molecule has 0 saturated carbocycles. The third-order valence-corrected chi connectivity index (χ3v) is 1.16. The Hall–Kier alpha value is -0.860. The third-order valence-electron chi connectivity index (χ3n) is 0.655. The number of nitrogens with one attached hydrogen (secondary N) is 2. The van der Waals surface area contributed by atoms with E-state index in [9.17, 15) is 13.2 Å². The number of carbonyl (C=O) groups is 1. The van der Waals surface area contributed by atoms with Crippen molar-refractivity contribution in [3.05, 3.63) is 0 Å². The minimum atomic E-state index is -4.19. The molecule has 66 valence electrons. The molecule has 11 heavy (non-hydrogen) atoms. The normalized spacial score (nSPS) is 10.7. The van der Waals surface area contributed by atoms with E-state index in [2.05, 4.69) is 0 Å². The Morgan fingerprint density at radius 2 is 1.91 bits per heavy atom. The Morgan fingerprint density at radius 3 is 2.27 bits per heavy atom. The van der Waals surface area contributed by atoms with Gasteiger partial charge in [0.2, 0.25) is 0 Å². The van der Waals surface area contributed by atoms with Gasteiger partial charge in [-0.25, -0.2) is 4.79 Å². The van der Waals surface area contributed by atoms with Gasteiger partial charge < -0.3 is 15.7 Å². The molecule has 4 N–H and O–H groups in total. The predicted octanol–water partition coefficient (Wildman–Crippen LogP) is -1.92. The van der Waals surface area contributed by atoms with E-state index < -0.39 is 28.8 Å².